The zero-order valence-electron chi connectivity index (χ0n) is 9.85. The molecule has 0 aromatic heterocycles. The Kier molecular flexibility index (Phi) is 15.3. The molecule has 0 fully saturated rings. The van der Waals surface area contributed by atoms with Gasteiger partial charge in [0.25, 0.3) is 0 Å². The number of aliphatic hydroxyl groups excluding tert-OH is 3. The molecule has 0 aromatic rings. The van der Waals surface area contributed by atoms with Crippen LogP contribution in [0.5, 0.6) is 0 Å². The average molecular weight is 230 g/mol. The molecule has 0 aromatic carbocycles. The Morgan fingerprint density at radius 1 is 1.00 bits per heavy atom. The van der Waals surface area contributed by atoms with Crippen molar-refractivity contribution in [3.8, 4) is 0 Å². The summed E-state index contributed by atoms with van der Waals surface area (Å²) in [5.41, 5.74) is 1.14. The third kappa shape index (κ3) is 11.1. The van der Waals surface area contributed by atoms with Gasteiger partial charge in [-0.3, -0.25) is 0 Å². The Balaban J connectivity index is 0. The van der Waals surface area contributed by atoms with Crippen molar-refractivity contribution in [3.63, 3.8) is 0 Å². The van der Waals surface area contributed by atoms with E-state index in [-0.39, 0.29) is 19.8 Å². The molecule has 94 valence electrons. The monoisotopic (exact) mass is 230 g/mol. The molecule has 0 aliphatic rings. The van der Waals surface area contributed by atoms with Crippen molar-refractivity contribution in [1.29, 1.82) is 0 Å². The Morgan fingerprint density at radius 2 is 1.44 bits per heavy atom. The van der Waals surface area contributed by atoms with Crippen LogP contribution in [-0.4, -0.2) is 48.4 Å². The molecule has 4 nitrogen and oxygen atoms in total. The van der Waals surface area contributed by atoms with Gasteiger partial charge in [0.2, 0.25) is 0 Å². The lowest BCUT2D eigenvalue weighted by atomic mass is 10.1. The largest absolute Gasteiger partial charge is 0.392 e. The van der Waals surface area contributed by atoms with Crippen LogP contribution < -0.4 is 0 Å². The van der Waals surface area contributed by atoms with Gasteiger partial charge in [-0.25, -0.2) is 0 Å². The molecule has 0 aliphatic heterocycles. The first-order valence-electron chi connectivity index (χ1n) is 4.97. The van der Waals surface area contributed by atoms with Crippen molar-refractivity contribution in [1.82, 2.24) is 0 Å². The molecule has 0 atom stereocenters. The summed E-state index contributed by atoms with van der Waals surface area (Å²) < 4.78 is 4.90. The molecule has 0 saturated carbocycles. The van der Waals surface area contributed by atoms with Crippen molar-refractivity contribution in [3.05, 3.63) is 36.5 Å². The van der Waals surface area contributed by atoms with E-state index >= 15 is 0 Å². The fourth-order valence-corrected chi connectivity index (χ4v) is 0.666. The van der Waals surface area contributed by atoms with Crippen LogP contribution in [-0.2, 0) is 4.74 Å². The van der Waals surface area contributed by atoms with Crippen LogP contribution in [0.25, 0.3) is 0 Å². The first-order chi connectivity index (χ1) is 7.67. The topological polar surface area (TPSA) is 69.9 Å². The van der Waals surface area contributed by atoms with Gasteiger partial charge in [0.05, 0.1) is 33.0 Å². The lowest BCUT2D eigenvalue weighted by Crippen LogP contribution is -2.02. The van der Waals surface area contributed by atoms with Crippen molar-refractivity contribution in [2.45, 2.75) is 6.92 Å². The summed E-state index contributed by atoms with van der Waals surface area (Å²) in [4.78, 5) is 0. The highest BCUT2D eigenvalue weighted by Crippen LogP contribution is 1.99. The average Bonchev–Trinajstić information content (AvgIpc) is 2.32. The fraction of sp³-hybridized carbons (Fsp3) is 0.500. The fourth-order valence-electron chi connectivity index (χ4n) is 0.666. The maximum Gasteiger partial charge on any atom is 0.0667 e. The lowest BCUT2D eigenvalue weighted by Gasteiger charge is -2.02. The molecular weight excluding hydrogens is 208 g/mol. The molecule has 0 bridgehead atoms. The summed E-state index contributed by atoms with van der Waals surface area (Å²) in [6, 6.07) is 0. The Bertz CT molecular complexity index is 195. The van der Waals surface area contributed by atoms with Gasteiger partial charge in [0.1, 0.15) is 0 Å². The molecule has 16 heavy (non-hydrogen) atoms. The molecule has 0 heterocycles. The summed E-state index contributed by atoms with van der Waals surface area (Å²) in [5.74, 6) is 0. The maximum absolute atomic E-state index is 8.50. The smallest absolute Gasteiger partial charge is 0.0667 e. The number of ether oxygens (including phenoxy) is 1. The summed E-state index contributed by atoms with van der Waals surface area (Å²) >= 11 is 0. The highest BCUT2D eigenvalue weighted by molar-refractivity contribution is 5.12. The Morgan fingerprint density at radius 3 is 1.62 bits per heavy atom. The van der Waals surface area contributed by atoms with Crippen molar-refractivity contribution in [2.75, 3.05) is 33.0 Å². The van der Waals surface area contributed by atoms with E-state index in [0.29, 0.717) is 24.4 Å². The number of hydrogen-bond donors (Lipinski definition) is 3. The second-order valence-electron chi connectivity index (χ2n) is 2.97. The molecule has 0 aliphatic carbocycles. The van der Waals surface area contributed by atoms with Crippen LogP contribution in [0.4, 0.5) is 0 Å². The second kappa shape index (κ2) is 14.1. The van der Waals surface area contributed by atoms with Gasteiger partial charge in [-0.2, -0.15) is 0 Å². The van der Waals surface area contributed by atoms with Crippen molar-refractivity contribution >= 4 is 0 Å². The normalized spacial score (nSPS) is 8.75. The lowest BCUT2D eigenvalue weighted by molar-refractivity contribution is 0.194. The van der Waals surface area contributed by atoms with E-state index < -0.39 is 0 Å². The minimum atomic E-state index is -0.178. The third-order valence-electron chi connectivity index (χ3n) is 1.69. The molecule has 4 heteroatoms. The van der Waals surface area contributed by atoms with Crippen LogP contribution in [0.1, 0.15) is 6.92 Å². The van der Waals surface area contributed by atoms with Crippen LogP contribution >= 0.6 is 0 Å². The van der Waals surface area contributed by atoms with E-state index in [4.69, 9.17) is 20.1 Å². The SMILES string of the molecule is C=CCOCC=C.CC(CO)=C(CO)CO. The summed E-state index contributed by atoms with van der Waals surface area (Å²) in [5, 5.41) is 25.5. The predicted octanol–water partition coefficient (Wildman–Crippen LogP) is 0.655. The van der Waals surface area contributed by atoms with Gasteiger partial charge in [0.15, 0.2) is 0 Å². The quantitative estimate of drug-likeness (QED) is 0.444. The van der Waals surface area contributed by atoms with E-state index in [0.717, 1.165) is 0 Å². The highest BCUT2D eigenvalue weighted by atomic mass is 16.5. The molecule has 0 unspecified atom stereocenters. The van der Waals surface area contributed by atoms with Gasteiger partial charge in [-0.1, -0.05) is 12.2 Å². The highest BCUT2D eigenvalue weighted by Gasteiger charge is 1.96. The van der Waals surface area contributed by atoms with Gasteiger partial charge >= 0.3 is 0 Å². The standard InChI is InChI=1S/C6H12O3.C6H10O/c1-5(2-7)6(3-8)4-9;1-3-5-7-6-4-2/h7-9H,2-4H2,1H3;3-4H,1-2,5-6H2. The minimum Gasteiger partial charge on any atom is -0.392 e. The summed E-state index contributed by atoms with van der Waals surface area (Å²) in [6.07, 6.45) is 3.42. The van der Waals surface area contributed by atoms with Crippen LogP contribution in [0.3, 0.4) is 0 Å². The van der Waals surface area contributed by atoms with E-state index in [1.165, 1.54) is 0 Å². The van der Waals surface area contributed by atoms with Gasteiger partial charge < -0.3 is 20.1 Å². The molecule has 0 radical (unpaired) electrons. The van der Waals surface area contributed by atoms with E-state index in [1.807, 2.05) is 0 Å². The number of hydrogen-bond acceptors (Lipinski definition) is 4. The van der Waals surface area contributed by atoms with Gasteiger partial charge in [-0.05, 0) is 18.1 Å². The number of rotatable bonds is 7. The van der Waals surface area contributed by atoms with Crippen LogP contribution in [0.15, 0.2) is 36.5 Å². The van der Waals surface area contributed by atoms with E-state index in [2.05, 4.69) is 13.2 Å². The molecule has 0 saturated heterocycles. The van der Waals surface area contributed by atoms with E-state index in [1.54, 1.807) is 19.1 Å². The maximum atomic E-state index is 8.50. The molecule has 3 N–H and O–H groups in total. The first kappa shape index (κ1) is 17.5. The second-order valence-corrected chi connectivity index (χ2v) is 2.97. The minimum absolute atomic E-state index is 0.101. The molecule has 0 spiro atoms. The summed E-state index contributed by atoms with van der Waals surface area (Å²) in [6.45, 7) is 9.39. The number of aliphatic hydroxyl groups is 3. The first-order valence-corrected chi connectivity index (χ1v) is 4.97. The van der Waals surface area contributed by atoms with Crippen LogP contribution in [0.2, 0.25) is 0 Å². The van der Waals surface area contributed by atoms with Gasteiger partial charge in [0, 0.05) is 0 Å². The third-order valence-corrected chi connectivity index (χ3v) is 1.69. The predicted molar refractivity (Wildman–Crippen MR) is 65.2 cm³/mol. The zero-order valence-corrected chi connectivity index (χ0v) is 9.85. The Hall–Kier alpha value is -0.940. The van der Waals surface area contributed by atoms with Crippen molar-refractivity contribution in [2.24, 2.45) is 0 Å². The van der Waals surface area contributed by atoms with E-state index in [9.17, 15) is 0 Å². The molecule has 0 amide bonds. The Labute approximate surface area is 97.2 Å². The van der Waals surface area contributed by atoms with Gasteiger partial charge in [-0.15, -0.1) is 13.2 Å². The zero-order chi connectivity index (χ0) is 12.8. The molecule has 0 rings (SSSR count). The van der Waals surface area contributed by atoms with Crippen LogP contribution in [0, 0.1) is 0 Å². The summed E-state index contributed by atoms with van der Waals surface area (Å²) in [7, 11) is 0. The van der Waals surface area contributed by atoms with Crippen molar-refractivity contribution < 1.29 is 20.1 Å². The molecular formula is C12H22O4.